The van der Waals surface area contributed by atoms with Crippen LogP contribution in [0.2, 0.25) is 0 Å². The van der Waals surface area contributed by atoms with Crippen molar-refractivity contribution in [2.45, 2.75) is 65.0 Å². The van der Waals surface area contributed by atoms with Crippen LogP contribution in [-0.4, -0.2) is 32.2 Å². The molecule has 25 heavy (non-hydrogen) atoms. The van der Waals surface area contributed by atoms with Crippen molar-refractivity contribution in [3.8, 4) is 11.4 Å². The van der Waals surface area contributed by atoms with Crippen LogP contribution in [0, 0.1) is 5.92 Å². The van der Waals surface area contributed by atoms with Crippen LogP contribution >= 0.6 is 0 Å². The summed E-state index contributed by atoms with van der Waals surface area (Å²) in [6.07, 6.45) is 4.69. The van der Waals surface area contributed by atoms with E-state index in [1.54, 1.807) is 0 Å². The summed E-state index contributed by atoms with van der Waals surface area (Å²) < 4.78 is 0. The van der Waals surface area contributed by atoms with E-state index in [9.17, 15) is 4.79 Å². The predicted molar refractivity (Wildman–Crippen MR) is 96.9 cm³/mol. The molecule has 1 amide bonds. The van der Waals surface area contributed by atoms with Gasteiger partial charge in [0.2, 0.25) is 11.7 Å². The van der Waals surface area contributed by atoms with Gasteiger partial charge in [0.05, 0.1) is 0 Å². The monoisotopic (exact) mass is 341 g/mol. The van der Waals surface area contributed by atoms with Crippen LogP contribution in [0.25, 0.3) is 11.4 Å². The molecular weight excluding hydrogens is 314 g/mol. The van der Waals surface area contributed by atoms with Crippen LogP contribution in [0.3, 0.4) is 0 Å². The van der Waals surface area contributed by atoms with E-state index in [4.69, 9.17) is 0 Å². The maximum atomic E-state index is 12.3. The van der Waals surface area contributed by atoms with Crippen LogP contribution in [0.5, 0.6) is 0 Å². The molecule has 0 saturated heterocycles. The molecule has 3 rings (SSSR count). The minimum atomic E-state index is -0.0437. The molecule has 6 nitrogen and oxygen atoms in total. The summed E-state index contributed by atoms with van der Waals surface area (Å²) in [7, 11) is 0. The highest BCUT2D eigenvalue weighted by molar-refractivity contribution is 5.75. The van der Waals surface area contributed by atoms with Gasteiger partial charge in [0.15, 0.2) is 0 Å². The van der Waals surface area contributed by atoms with Gasteiger partial charge in [-0.25, -0.2) is 0 Å². The van der Waals surface area contributed by atoms with Crippen LogP contribution in [0.1, 0.15) is 57.9 Å². The molecule has 134 valence electrons. The van der Waals surface area contributed by atoms with E-state index in [-0.39, 0.29) is 18.5 Å². The molecule has 0 aliphatic heterocycles. The molecule has 0 radical (unpaired) electrons. The van der Waals surface area contributed by atoms with Crippen molar-refractivity contribution in [2.75, 3.05) is 0 Å². The van der Waals surface area contributed by atoms with Gasteiger partial charge in [-0.15, -0.1) is 10.2 Å². The van der Waals surface area contributed by atoms with Crippen LogP contribution < -0.4 is 5.32 Å². The van der Waals surface area contributed by atoms with E-state index >= 15 is 0 Å². The molecule has 1 saturated carbocycles. The van der Waals surface area contributed by atoms with Crippen molar-refractivity contribution in [3.05, 3.63) is 29.8 Å². The summed E-state index contributed by atoms with van der Waals surface area (Å²) in [5.41, 5.74) is 2.19. The van der Waals surface area contributed by atoms with Crippen LogP contribution in [0.4, 0.5) is 0 Å². The van der Waals surface area contributed by atoms with Gasteiger partial charge < -0.3 is 5.32 Å². The van der Waals surface area contributed by atoms with Crippen LogP contribution in [0.15, 0.2) is 24.3 Å². The van der Waals surface area contributed by atoms with Crippen molar-refractivity contribution in [1.29, 1.82) is 0 Å². The van der Waals surface area contributed by atoms with Gasteiger partial charge in [0, 0.05) is 11.6 Å². The summed E-state index contributed by atoms with van der Waals surface area (Å²) >= 11 is 0. The fourth-order valence-corrected chi connectivity index (χ4v) is 3.35. The van der Waals surface area contributed by atoms with E-state index < -0.39 is 0 Å². The van der Waals surface area contributed by atoms with Crippen molar-refractivity contribution in [3.63, 3.8) is 0 Å². The zero-order chi connectivity index (χ0) is 17.8. The summed E-state index contributed by atoms with van der Waals surface area (Å²) in [6.45, 7) is 6.64. The largest absolute Gasteiger partial charge is 0.351 e. The van der Waals surface area contributed by atoms with E-state index in [2.05, 4.69) is 53.6 Å². The Kier molecular flexibility index (Phi) is 5.46. The normalized spacial score (nSPS) is 20.6. The zero-order valence-electron chi connectivity index (χ0n) is 15.3. The lowest BCUT2D eigenvalue weighted by molar-refractivity contribution is -0.123. The third kappa shape index (κ3) is 4.44. The second-order valence-corrected chi connectivity index (χ2v) is 7.36. The summed E-state index contributed by atoms with van der Waals surface area (Å²) in [4.78, 5) is 13.6. The average molecular weight is 341 g/mol. The Bertz CT molecular complexity index is 707. The quantitative estimate of drug-likeness (QED) is 0.907. The lowest BCUT2D eigenvalue weighted by atomic mass is 9.86. The Morgan fingerprint density at radius 3 is 2.64 bits per heavy atom. The van der Waals surface area contributed by atoms with Gasteiger partial charge in [-0.1, -0.05) is 57.9 Å². The molecule has 1 aliphatic rings. The third-order valence-electron chi connectivity index (χ3n) is 5.03. The summed E-state index contributed by atoms with van der Waals surface area (Å²) in [6, 6.07) is 8.43. The zero-order valence-corrected chi connectivity index (χ0v) is 15.3. The van der Waals surface area contributed by atoms with Gasteiger partial charge in [-0.2, -0.15) is 4.80 Å². The first-order valence-electron chi connectivity index (χ1n) is 9.20. The second-order valence-electron chi connectivity index (χ2n) is 7.36. The number of amides is 1. The van der Waals surface area contributed by atoms with E-state index in [1.165, 1.54) is 29.6 Å². The molecule has 1 N–H and O–H groups in total. The number of carbonyl (C=O) groups is 1. The molecule has 0 bridgehead atoms. The first kappa shape index (κ1) is 17.6. The molecule has 1 heterocycles. The van der Waals surface area contributed by atoms with Crippen molar-refractivity contribution in [2.24, 2.45) is 5.92 Å². The molecule has 1 fully saturated rings. The van der Waals surface area contributed by atoms with Gasteiger partial charge >= 0.3 is 0 Å². The minimum absolute atomic E-state index is 0.0437. The number of hydrogen-bond acceptors (Lipinski definition) is 4. The second kappa shape index (κ2) is 7.76. The van der Waals surface area contributed by atoms with E-state index in [0.29, 0.717) is 17.7 Å². The predicted octanol–water partition coefficient (Wildman–Crippen LogP) is 3.16. The summed E-state index contributed by atoms with van der Waals surface area (Å²) in [5.74, 6) is 1.53. The molecule has 2 atom stereocenters. The first-order chi connectivity index (χ1) is 12.0. The fourth-order valence-electron chi connectivity index (χ4n) is 3.35. The Morgan fingerprint density at radius 2 is 1.96 bits per heavy atom. The Morgan fingerprint density at radius 1 is 1.24 bits per heavy atom. The molecule has 0 unspecified atom stereocenters. The van der Waals surface area contributed by atoms with E-state index in [0.717, 1.165) is 12.0 Å². The molecule has 1 aliphatic carbocycles. The lowest BCUT2D eigenvalue weighted by Crippen LogP contribution is -2.42. The SMILES string of the molecule is CC(C)c1ccc(-c2nnn(CC(=O)N[C@H]3CCCC[C@@H]3C)n2)cc1. The molecular formula is C19H27N5O. The first-order valence-corrected chi connectivity index (χ1v) is 9.20. The van der Waals surface area contributed by atoms with E-state index in [1.807, 2.05) is 12.1 Å². The lowest BCUT2D eigenvalue weighted by Gasteiger charge is -2.29. The molecule has 0 spiro atoms. The molecule has 1 aromatic carbocycles. The molecule has 6 heteroatoms. The highest BCUT2D eigenvalue weighted by Crippen LogP contribution is 2.23. The Labute approximate surface area is 149 Å². The number of rotatable bonds is 5. The van der Waals surface area contributed by atoms with Crippen molar-refractivity contribution >= 4 is 5.91 Å². The number of hydrogen-bond donors (Lipinski definition) is 1. The average Bonchev–Trinajstić information content (AvgIpc) is 3.05. The highest BCUT2D eigenvalue weighted by atomic mass is 16.2. The Balaban J connectivity index is 1.60. The van der Waals surface area contributed by atoms with Crippen LogP contribution in [-0.2, 0) is 11.3 Å². The van der Waals surface area contributed by atoms with Gasteiger partial charge in [-0.3, -0.25) is 4.79 Å². The number of nitrogens with one attached hydrogen (secondary N) is 1. The summed E-state index contributed by atoms with van der Waals surface area (Å²) in [5, 5.41) is 15.6. The maximum Gasteiger partial charge on any atom is 0.243 e. The number of carbonyl (C=O) groups excluding carboxylic acids is 1. The maximum absolute atomic E-state index is 12.3. The minimum Gasteiger partial charge on any atom is -0.351 e. The van der Waals surface area contributed by atoms with Gasteiger partial charge in [0.25, 0.3) is 0 Å². The molecule has 1 aromatic heterocycles. The number of benzene rings is 1. The topological polar surface area (TPSA) is 72.7 Å². The van der Waals surface area contributed by atoms with Gasteiger partial charge in [-0.05, 0) is 35.5 Å². The number of nitrogens with zero attached hydrogens (tertiary/aromatic N) is 4. The molecule has 2 aromatic rings. The number of tetrazole rings is 1. The van der Waals surface area contributed by atoms with Crippen molar-refractivity contribution in [1.82, 2.24) is 25.5 Å². The Hall–Kier alpha value is -2.24. The van der Waals surface area contributed by atoms with Gasteiger partial charge in [0.1, 0.15) is 6.54 Å². The highest BCUT2D eigenvalue weighted by Gasteiger charge is 2.23. The standard InChI is InChI=1S/C19H27N5O/c1-13(2)15-8-10-16(11-9-15)19-21-23-24(22-19)12-18(25)20-17-7-5-4-6-14(17)3/h8-11,13-14,17H,4-7,12H2,1-3H3,(H,20,25)/t14-,17-/m0/s1. The smallest absolute Gasteiger partial charge is 0.243 e. The fraction of sp³-hybridized carbons (Fsp3) is 0.579. The number of aromatic nitrogens is 4. The third-order valence-corrected chi connectivity index (χ3v) is 5.03. The van der Waals surface area contributed by atoms with Crippen molar-refractivity contribution < 1.29 is 4.79 Å².